The summed E-state index contributed by atoms with van der Waals surface area (Å²) in [6.07, 6.45) is 1.65. The summed E-state index contributed by atoms with van der Waals surface area (Å²) in [5.41, 5.74) is 0.853. The van der Waals surface area contributed by atoms with Crippen LogP contribution in [0.2, 0.25) is 5.02 Å². The summed E-state index contributed by atoms with van der Waals surface area (Å²) in [6.45, 7) is 0.601. The molecule has 0 aliphatic rings. The molecule has 3 nitrogen and oxygen atoms in total. The average Bonchev–Trinajstić information content (AvgIpc) is 2.79. The highest BCUT2D eigenvalue weighted by Gasteiger charge is 2.06. The standard InChI is InChI=1S/C12H12ClNO2/c1-15-12-10(13)5-2-6-11(12)14-8-9-4-3-7-16-9/h2-7,14H,8H2,1H3. The molecule has 0 saturated carbocycles. The predicted octanol–water partition coefficient (Wildman–Crippen LogP) is 3.55. The monoisotopic (exact) mass is 237 g/mol. The van der Waals surface area contributed by atoms with Crippen molar-refractivity contribution in [2.24, 2.45) is 0 Å². The summed E-state index contributed by atoms with van der Waals surface area (Å²) < 4.78 is 10.4. The van der Waals surface area contributed by atoms with Crippen molar-refractivity contribution in [3.05, 3.63) is 47.4 Å². The number of furan rings is 1. The van der Waals surface area contributed by atoms with Gasteiger partial charge in [-0.3, -0.25) is 0 Å². The van der Waals surface area contributed by atoms with Crippen molar-refractivity contribution in [1.29, 1.82) is 0 Å². The molecule has 2 aromatic rings. The van der Waals surface area contributed by atoms with Gasteiger partial charge in [0, 0.05) is 0 Å². The number of methoxy groups -OCH3 is 1. The van der Waals surface area contributed by atoms with Crippen LogP contribution in [0.4, 0.5) is 5.69 Å². The lowest BCUT2D eigenvalue weighted by Gasteiger charge is -2.11. The average molecular weight is 238 g/mol. The highest BCUT2D eigenvalue weighted by molar-refractivity contribution is 6.32. The van der Waals surface area contributed by atoms with Crippen LogP contribution in [-0.4, -0.2) is 7.11 Å². The minimum absolute atomic E-state index is 0.590. The van der Waals surface area contributed by atoms with Gasteiger partial charge in [0.2, 0.25) is 0 Å². The summed E-state index contributed by atoms with van der Waals surface area (Å²) >= 11 is 6.00. The fourth-order valence-corrected chi connectivity index (χ4v) is 1.70. The Morgan fingerprint density at radius 2 is 2.19 bits per heavy atom. The Kier molecular flexibility index (Phi) is 3.37. The SMILES string of the molecule is COc1c(Cl)cccc1NCc1ccco1. The highest BCUT2D eigenvalue weighted by Crippen LogP contribution is 2.32. The van der Waals surface area contributed by atoms with Crippen LogP contribution in [-0.2, 0) is 6.54 Å². The van der Waals surface area contributed by atoms with E-state index in [4.69, 9.17) is 20.8 Å². The number of anilines is 1. The van der Waals surface area contributed by atoms with E-state index in [2.05, 4.69) is 5.32 Å². The van der Waals surface area contributed by atoms with Crippen molar-refractivity contribution in [3.8, 4) is 5.75 Å². The van der Waals surface area contributed by atoms with Gasteiger partial charge < -0.3 is 14.5 Å². The summed E-state index contributed by atoms with van der Waals surface area (Å²) in [7, 11) is 1.60. The van der Waals surface area contributed by atoms with E-state index < -0.39 is 0 Å². The number of hydrogen-bond donors (Lipinski definition) is 1. The van der Waals surface area contributed by atoms with Gasteiger partial charge in [0.15, 0.2) is 5.75 Å². The molecule has 1 N–H and O–H groups in total. The van der Waals surface area contributed by atoms with Gasteiger partial charge in [-0.1, -0.05) is 17.7 Å². The first kappa shape index (κ1) is 10.9. The topological polar surface area (TPSA) is 34.4 Å². The minimum atomic E-state index is 0.590. The van der Waals surface area contributed by atoms with Crippen molar-refractivity contribution >= 4 is 17.3 Å². The number of rotatable bonds is 4. The number of halogens is 1. The van der Waals surface area contributed by atoms with E-state index in [0.29, 0.717) is 17.3 Å². The maximum Gasteiger partial charge on any atom is 0.160 e. The molecule has 0 saturated heterocycles. The van der Waals surface area contributed by atoms with Gasteiger partial charge in [-0.15, -0.1) is 0 Å². The Bertz CT molecular complexity index is 454. The molecule has 2 rings (SSSR count). The van der Waals surface area contributed by atoms with Crippen LogP contribution in [0.15, 0.2) is 41.0 Å². The summed E-state index contributed by atoms with van der Waals surface area (Å²) in [5, 5.41) is 3.79. The lowest BCUT2D eigenvalue weighted by atomic mass is 10.3. The highest BCUT2D eigenvalue weighted by atomic mass is 35.5. The molecule has 0 fully saturated rings. The lowest BCUT2D eigenvalue weighted by molar-refractivity contribution is 0.416. The summed E-state index contributed by atoms with van der Waals surface area (Å²) in [5.74, 6) is 1.51. The largest absolute Gasteiger partial charge is 0.493 e. The number of nitrogens with one attached hydrogen (secondary N) is 1. The van der Waals surface area contributed by atoms with Crippen LogP contribution in [0.1, 0.15) is 5.76 Å². The van der Waals surface area contributed by atoms with Crippen LogP contribution in [0, 0.1) is 0 Å². The van der Waals surface area contributed by atoms with Crippen molar-refractivity contribution in [1.82, 2.24) is 0 Å². The van der Waals surface area contributed by atoms with Gasteiger partial charge >= 0.3 is 0 Å². The van der Waals surface area contributed by atoms with Crippen LogP contribution in [0.5, 0.6) is 5.75 Å². The van der Waals surface area contributed by atoms with E-state index in [1.165, 1.54) is 0 Å². The molecule has 84 valence electrons. The lowest BCUT2D eigenvalue weighted by Crippen LogP contribution is -2.00. The molecule has 1 heterocycles. The fourth-order valence-electron chi connectivity index (χ4n) is 1.45. The Hall–Kier alpha value is -1.61. The van der Waals surface area contributed by atoms with Crippen LogP contribution in [0.25, 0.3) is 0 Å². The zero-order chi connectivity index (χ0) is 11.4. The molecule has 1 aromatic heterocycles. The van der Waals surface area contributed by atoms with Gasteiger partial charge in [-0.2, -0.15) is 0 Å². The first-order valence-electron chi connectivity index (χ1n) is 4.90. The third-order valence-corrected chi connectivity index (χ3v) is 2.50. The molecule has 0 aliphatic heterocycles. The van der Waals surface area contributed by atoms with E-state index >= 15 is 0 Å². The van der Waals surface area contributed by atoms with Crippen molar-refractivity contribution in [2.75, 3.05) is 12.4 Å². The molecule has 4 heteroatoms. The Balaban J connectivity index is 2.12. The number of para-hydroxylation sites is 1. The Morgan fingerprint density at radius 3 is 2.88 bits per heavy atom. The Labute approximate surface area is 99.0 Å². The summed E-state index contributed by atoms with van der Waals surface area (Å²) in [6, 6.07) is 9.33. The van der Waals surface area contributed by atoms with Gasteiger partial charge in [0.1, 0.15) is 5.76 Å². The van der Waals surface area contributed by atoms with E-state index in [0.717, 1.165) is 11.4 Å². The van der Waals surface area contributed by atoms with Crippen LogP contribution < -0.4 is 10.1 Å². The second kappa shape index (κ2) is 4.94. The van der Waals surface area contributed by atoms with Crippen molar-refractivity contribution < 1.29 is 9.15 Å². The molecule has 1 aromatic carbocycles. The second-order valence-corrected chi connectivity index (χ2v) is 3.66. The van der Waals surface area contributed by atoms with E-state index in [9.17, 15) is 0 Å². The van der Waals surface area contributed by atoms with Crippen LogP contribution >= 0.6 is 11.6 Å². The zero-order valence-corrected chi connectivity index (χ0v) is 9.62. The molecular weight excluding hydrogens is 226 g/mol. The number of ether oxygens (including phenoxy) is 1. The van der Waals surface area contributed by atoms with Gasteiger partial charge in [-0.25, -0.2) is 0 Å². The van der Waals surface area contributed by atoms with Crippen molar-refractivity contribution in [2.45, 2.75) is 6.54 Å². The molecule has 0 bridgehead atoms. The summed E-state index contributed by atoms with van der Waals surface area (Å²) in [4.78, 5) is 0. The molecule has 0 unspecified atom stereocenters. The number of hydrogen-bond acceptors (Lipinski definition) is 3. The van der Waals surface area contributed by atoms with E-state index in [1.807, 2.05) is 24.3 Å². The van der Waals surface area contributed by atoms with Crippen molar-refractivity contribution in [3.63, 3.8) is 0 Å². The second-order valence-electron chi connectivity index (χ2n) is 3.25. The molecular formula is C12H12ClNO2. The molecule has 0 spiro atoms. The smallest absolute Gasteiger partial charge is 0.160 e. The van der Waals surface area contributed by atoms with Crippen LogP contribution in [0.3, 0.4) is 0 Å². The van der Waals surface area contributed by atoms with Gasteiger partial charge in [0.05, 0.1) is 30.6 Å². The normalized spacial score (nSPS) is 10.1. The van der Waals surface area contributed by atoms with Gasteiger partial charge in [-0.05, 0) is 24.3 Å². The first-order chi connectivity index (χ1) is 7.81. The fraction of sp³-hybridized carbons (Fsp3) is 0.167. The number of benzene rings is 1. The molecule has 0 amide bonds. The molecule has 0 radical (unpaired) electrons. The van der Waals surface area contributed by atoms with Gasteiger partial charge in [0.25, 0.3) is 0 Å². The minimum Gasteiger partial charge on any atom is -0.493 e. The molecule has 0 aliphatic carbocycles. The maximum absolute atomic E-state index is 6.00. The van der Waals surface area contributed by atoms with E-state index in [1.54, 1.807) is 19.4 Å². The quantitative estimate of drug-likeness (QED) is 0.883. The predicted molar refractivity (Wildman–Crippen MR) is 64.0 cm³/mol. The molecule has 0 atom stereocenters. The third kappa shape index (κ3) is 2.31. The zero-order valence-electron chi connectivity index (χ0n) is 8.87. The molecule has 16 heavy (non-hydrogen) atoms. The maximum atomic E-state index is 6.00. The van der Waals surface area contributed by atoms with E-state index in [-0.39, 0.29) is 0 Å². The third-order valence-electron chi connectivity index (χ3n) is 2.20. The first-order valence-corrected chi connectivity index (χ1v) is 5.28. The Morgan fingerprint density at radius 1 is 1.31 bits per heavy atom.